The summed E-state index contributed by atoms with van der Waals surface area (Å²) >= 11 is 1.76. The lowest BCUT2D eigenvalue weighted by molar-refractivity contribution is 0.164. The first kappa shape index (κ1) is 13.1. The van der Waals surface area contributed by atoms with E-state index in [0.717, 1.165) is 24.8 Å². The largest absolute Gasteiger partial charge is 0.495 e. The van der Waals surface area contributed by atoms with Crippen molar-refractivity contribution in [3.63, 3.8) is 0 Å². The lowest BCUT2D eigenvalue weighted by Crippen LogP contribution is -1.99. The molecule has 1 N–H and O–H groups in total. The summed E-state index contributed by atoms with van der Waals surface area (Å²) < 4.78 is 5.10. The standard InChI is InChI=1S/C14H17NO2S/c1-17-12-8-11(9-15-10-12)14(16)6-2-4-13-5-3-7-18-13/h3,5,7-10,14,16H,2,4,6H2,1H3. The molecule has 0 radical (unpaired) electrons. The van der Waals surface area contributed by atoms with Crippen molar-refractivity contribution >= 4 is 11.3 Å². The van der Waals surface area contributed by atoms with Gasteiger partial charge in [-0.15, -0.1) is 11.3 Å². The number of aromatic nitrogens is 1. The van der Waals surface area contributed by atoms with Crippen LogP contribution in [0.3, 0.4) is 0 Å². The van der Waals surface area contributed by atoms with Crippen molar-refractivity contribution in [2.45, 2.75) is 25.4 Å². The molecule has 0 fully saturated rings. The van der Waals surface area contributed by atoms with Crippen LogP contribution in [0.2, 0.25) is 0 Å². The second kappa shape index (κ2) is 6.52. The van der Waals surface area contributed by atoms with Gasteiger partial charge in [0.15, 0.2) is 0 Å². The van der Waals surface area contributed by atoms with Crippen LogP contribution in [0.5, 0.6) is 5.75 Å². The van der Waals surface area contributed by atoms with Crippen LogP contribution < -0.4 is 4.74 Å². The average Bonchev–Trinajstić information content (AvgIpc) is 2.92. The summed E-state index contributed by atoms with van der Waals surface area (Å²) in [5.41, 5.74) is 0.820. The second-order valence-electron chi connectivity index (χ2n) is 4.15. The van der Waals surface area contributed by atoms with Gasteiger partial charge in [0.25, 0.3) is 0 Å². The van der Waals surface area contributed by atoms with Crippen molar-refractivity contribution in [1.82, 2.24) is 4.98 Å². The summed E-state index contributed by atoms with van der Waals surface area (Å²) in [5, 5.41) is 12.2. The van der Waals surface area contributed by atoms with Gasteiger partial charge in [-0.05, 0) is 36.8 Å². The van der Waals surface area contributed by atoms with E-state index in [9.17, 15) is 5.11 Å². The highest BCUT2D eigenvalue weighted by Crippen LogP contribution is 2.22. The smallest absolute Gasteiger partial charge is 0.137 e. The van der Waals surface area contributed by atoms with Gasteiger partial charge >= 0.3 is 0 Å². The van der Waals surface area contributed by atoms with Crippen molar-refractivity contribution < 1.29 is 9.84 Å². The molecule has 0 aromatic carbocycles. The van der Waals surface area contributed by atoms with Crippen LogP contribution in [-0.4, -0.2) is 17.2 Å². The van der Waals surface area contributed by atoms with Crippen LogP contribution >= 0.6 is 11.3 Å². The Kier molecular flexibility index (Phi) is 4.73. The van der Waals surface area contributed by atoms with Crippen LogP contribution in [0.4, 0.5) is 0 Å². The highest BCUT2D eigenvalue weighted by molar-refractivity contribution is 7.09. The highest BCUT2D eigenvalue weighted by Gasteiger charge is 2.09. The lowest BCUT2D eigenvalue weighted by atomic mass is 10.1. The number of methoxy groups -OCH3 is 1. The summed E-state index contributed by atoms with van der Waals surface area (Å²) in [5.74, 6) is 0.685. The number of aryl methyl sites for hydroxylation is 1. The van der Waals surface area contributed by atoms with E-state index in [1.54, 1.807) is 30.8 Å². The Morgan fingerprint density at radius 1 is 1.44 bits per heavy atom. The van der Waals surface area contributed by atoms with E-state index in [0.29, 0.717) is 5.75 Å². The minimum Gasteiger partial charge on any atom is -0.495 e. The van der Waals surface area contributed by atoms with Crippen LogP contribution in [-0.2, 0) is 6.42 Å². The minimum absolute atomic E-state index is 0.465. The topological polar surface area (TPSA) is 42.4 Å². The molecule has 2 heterocycles. The van der Waals surface area contributed by atoms with Gasteiger partial charge in [-0.3, -0.25) is 4.98 Å². The van der Waals surface area contributed by atoms with Crippen molar-refractivity contribution in [2.75, 3.05) is 7.11 Å². The Morgan fingerprint density at radius 2 is 2.33 bits per heavy atom. The molecule has 1 unspecified atom stereocenters. The van der Waals surface area contributed by atoms with Crippen LogP contribution in [0, 0.1) is 0 Å². The summed E-state index contributed by atoms with van der Waals surface area (Å²) in [6.07, 6.45) is 5.60. The van der Waals surface area contributed by atoms with Crippen LogP contribution in [0.25, 0.3) is 0 Å². The van der Waals surface area contributed by atoms with Gasteiger partial charge in [-0.25, -0.2) is 0 Å². The molecule has 0 aliphatic rings. The maximum atomic E-state index is 10.1. The molecule has 3 nitrogen and oxygen atoms in total. The van der Waals surface area contributed by atoms with Crippen LogP contribution in [0.1, 0.15) is 29.4 Å². The van der Waals surface area contributed by atoms with Crippen LogP contribution in [0.15, 0.2) is 36.0 Å². The quantitative estimate of drug-likeness (QED) is 0.870. The molecular weight excluding hydrogens is 246 g/mol. The Bertz CT molecular complexity index is 470. The lowest BCUT2D eigenvalue weighted by Gasteiger charge is -2.11. The van der Waals surface area contributed by atoms with Gasteiger partial charge in [0.05, 0.1) is 19.4 Å². The zero-order chi connectivity index (χ0) is 12.8. The van der Waals surface area contributed by atoms with Gasteiger partial charge in [0, 0.05) is 16.6 Å². The molecule has 2 aromatic heterocycles. The first-order valence-corrected chi connectivity index (χ1v) is 6.87. The predicted octanol–water partition coefficient (Wildman–Crippen LogP) is 3.21. The zero-order valence-electron chi connectivity index (χ0n) is 10.4. The molecule has 2 rings (SSSR count). The minimum atomic E-state index is -0.465. The van der Waals surface area contributed by atoms with E-state index in [2.05, 4.69) is 22.5 Å². The van der Waals surface area contributed by atoms with E-state index in [1.807, 2.05) is 6.07 Å². The van der Waals surface area contributed by atoms with Gasteiger partial charge in [-0.1, -0.05) is 6.07 Å². The van der Waals surface area contributed by atoms with Gasteiger partial charge in [-0.2, -0.15) is 0 Å². The number of rotatable bonds is 6. The molecule has 0 bridgehead atoms. The summed E-state index contributed by atoms with van der Waals surface area (Å²) in [6, 6.07) is 6.02. The maximum Gasteiger partial charge on any atom is 0.137 e. The van der Waals surface area contributed by atoms with Crippen molar-refractivity contribution in [3.05, 3.63) is 46.4 Å². The van der Waals surface area contributed by atoms with E-state index < -0.39 is 6.10 Å². The molecule has 0 saturated carbocycles. The maximum absolute atomic E-state index is 10.1. The molecule has 4 heteroatoms. The van der Waals surface area contributed by atoms with Crippen molar-refractivity contribution in [3.8, 4) is 5.75 Å². The third-order valence-electron chi connectivity index (χ3n) is 2.84. The van der Waals surface area contributed by atoms with E-state index >= 15 is 0 Å². The SMILES string of the molecule is COc1cncc(C(O)CCCc2cccs2)c1. The normalized spacial score (nSPS) is 12.3. The zero-order valence-corrected chi connectivity index (χ0v) is 11.2. The summed E-state index contributed by atoms with van der Waals surface area (Å²) in [7, 11) is 1.60. The fourth-order valence-corrected chi connectivity index (χ4v) is 2.57. The van der Waals surface area contributed by atoms with Crippen molar-refractivity contribution in [2.24, 2.45) is 0 Å². The number of nitrogens with zero attached hydrogens (tertiary/aromatic N) is 1. The second-order valence-corrected chi connectivity index (χ2v) is 5.18. The van der Waals surface area contributed by atoms with Gasteiger partial charge < -0.3 is 9.84 Å². The Balaban J connectivity index is 1.85. The molecule has 0 saturated heterocycles. The third kappa shape index (κ3) is 3.55. The Labute approximate surface area is 111 Å². The third-order valence-corrected chi connectivity index (χ3v) is 3.77. The Hall–Kier alpha value is -1.39. The molecule has 18 heavy (non-hydrogen) atoms. The fourth-order valence-electron chi connectivity index (χ4n) is 1.82. The number of ether oxygens (including phenoxy) is 1. The molecular formula is C14H17NO2S. The molecule has 0 amide bonds. The fraction of sp³-hybridized carbons (Fsp3) is 0.357. The number of hydrogen-bond acceptors (Lipinski definition) is 4. The van der Waals surface area contributed by atoms with Gasteiger partial charge in [0.1, 0.15) is 5.75 Å². The number of thiophene rings is 1. The van der Waals surface area contributed by atoms with Gasteiger partial charge in [0.2, 0.25) is 0 Å². The summed E-state index contributed by atoms with van der Waals surface area (Å²) in [4.78, 5) is 5.42. The first-order chi connectivity index (χ1) is 8.79. The highest BCUT2D eigenvalue weighted by atomic mass is 32.1. The average molecular weight is 263 g/mol. The van der Waals surface area contributed by atoms with E-state index in [4.69, 9.17) is 4.74 Å². The molecule has 0 aliphatic carbocycles. The van der Waals surface area contributed by atoms with Crippen molar-refractivity contribution in [1.29, 1.82) is 0 Å². The number of hydrogen-bond donors (Lipinski definition) is 1. The first-order valence-electron chi connectivity index (χ1n) is 5.99. The molecule has 2 aromatic rings. The number of pyridine rings is 1. The van der Waals surface area contributed by atoms with E-state index in [1.165, 1.54) is 4.88 Å². The number of aliphatic hydroxyl groups is 1. The molecule has 96 valence electrons. The molecule has 0 spiro atoms. The monoisotopic (exact) mass is 263 g/mol. The molecule has 0 aliphatic heterocycles. The van der Waals surface area contributed by atoms with E-state index in [-0.39, 0.29) is 0 Å². The summed E-state index contributed by atoms with van der Waals surface area (Å²) in [6.45, 7) is 0. The number of aliphatic hydroxyl groups excluding tert-OH is 1. The predicted molar refractivity (Wildman–Crippen MR) is 73.0 cm³/mol. The Morgan fingerprint density at radius 3 is 3.06 bits per heavy atom. The molecule has 1 atom stereocenters.